The lowest BCUT2D eigenvalue weighted by Gasteiger charge is -2.30. The van der Waals surface area contributed by atoms with E-state index in [4.69, 9.17) is 14.2 Å². The van der Waals surface area contributed by atoms with Crippen LogP contribution in [0.2, 0.25) is 0 Å². The summed E-state index contributed by atoms with van der Waals surface area (Å²) in [5.74, 6) is 2.23. The van der Waals surface area contributed by atoms with Crippen LogP contribution in [0.15, 0.2) is 84.3 Å². The maximum absolute atomic E-state index is 13.5. The van der Waals surface area contributed by atoms with Gasteiger partial charge in [0, 0.05) is 35.7 Å². The molecular formula is C33H28N2O4S. The third-order valence-electron chi connectivity index (χ3n) is 7.77. The highest BCUT2D eigenvalue weighted by atomic mass is 32.1. The summed E-state index contributed by atoms with van der Waals surface area (Å²) in [4.78, 5) is 16.6. The molecule has 4 heterocycles. The van der Waals surface area contributed by atoms with Gasteiger partial charge in [0.25, 0.3) is 0 Å². The van der Waals surface area contributed by atoms with Crippen molar-refractivity contribution in [2.75, 3.05) is 20.8 Å². The van der Waals surface area contributed by atoms with Crippen molar-refractivity contribution in [3.63, 3.8) is 0 Å². The summed E-state index contributed by atoms with van der Waals surface area (Å²) < 4.78 is 19.8. The van der Waals surface area contributed by atoms with Gasteiger partial charge in [-0.1, -0.05) is 36.4 Å². The summed E-state index contributed by atoms with van der Waals surface area (Å²) in [6, 6.07) is 24.6. The van der Waals surface area contributed by atoms with Crippen molar-refractivity contribution in [2.24, 2.45) is 0 Å². The summed E-state index contributed by atoms with van der Waals surface area (Å²) >= 11 is 1.68. The zero-order chi connectivity index (χ0) is 27.2. The number of amides is 1. The first kappa shape index (κ1) is 24.5. The quantitative estimate of drug-likeness (QED) is 0.224. The summed E-state index contributed by atoms with van der Waals surface area (Å²) in [5, 5.41) is 3.16. The van der Waals surface area contributed by atoms with E-state index in [-0.39, 0.29) is 12.1 Å². The highest BCUT2D eigenvalue weighted by Crippen LogP contribution is 2.47. The van der Waals surface area contributed by atoms with Crippen LogP contribution < -0.4 is 14.2 Å². The zero-order valence-electron chi connectivity index (χ0n) is 22.3. The van der Waals surface area contributed by atoms with Crippen molar-refractivity contribution in [3.05, 3.63) is 106 Å². The van der Waals surface area contributed by atoms with Crippen LogP contribution >= 0.6 is 11.3 Å². The number of hydrogen-bond donors (Lipinski definition) is 0. The maximum atomic E-state index is 13.5. The molecule has 1 amide bonds. The van der Waals surface area contributed by atoms with E-state index in [0.29, 0.717) is 18.8 Å². The third-order valence-corrected chi connectivity index (χ3v) is 8.68. The number of benzene rings is 3. The van der Waals surface area contributed by atoms with E-state index in [2.05, 4.69) is 46.3 Å². The Morgan fingerprint density at radius 2 is 1.75 bits per heavy atom. The Kier molecular flexibility index (Phi) is 6.09. The number of aromatic nitrogens is 1. The number of rotatable bonds is 5. The van der Waals surface area contributed by atoms with E-state index in [1.807, 2.05) is 47.4 Å². The van der Waals surface area contributed by atoms with Crippen LogP contribution in [0.25, 0.3) is 28.2 Å². The normalized spacial score (nSPS) is 15.8. The SMILES string of the molecule is COc1cc2c(cc1OC)CN(C(=O)/C=C/c1c3n(c4ccccc14)C(c1cccs1)Oc1ccccc1-3)CC2. The lowest BCUT2D eigenvalue weighted by Crippen LogP contribution is -2.34. The van der Waals surface area contributed by atoms with Gasteiger partial charge < -0.3 is 19.1 Å². The van der Waals surface area contributed by atoms with E-state index in [1.165, 1.54) is 5.56 Å². The number of nitrogens with zero attached hydrogens (tertiary/aromatic N) is 2. The van der Waals surface area contributed by atoms with Gasteiger partial charge in [0.1, 0.15) is 5.75 Å². The second-order valence-electron chi connectivity index (χ2n) is 9.95. The smallest absolute Gasteiger partial charge is 0.246 e. The van der Waals surface area contributed by atoms with Crippen molar-refractivity contribution < 1.29 is 19.0 Å². The first-order valence-electron chi connectivity index (χ1n) is 13.3. The number of hydrogen-bond acceptors (Lipinski definition) is 5. The zero-order valence-corrected chi connectivity index (χ0v) is 23.1. The predicted molar refractivity (Wildman–Crippen MR) is 158 cm³/mol. The van der Waals surface area contributed by atoms with Gasteiger partial charge in [-0.3, -0.25) is 9.36 Å². The molecule has 200 valence electrons. The van der Waals surface area contributed by atoms with Crippen LogP contribution in [0.3, 0.4) is 0 Å². The van der Waals surface area contributed by atoms with Gasteiger partial charge in [-0.2, -0.15) is 0 Å². The fourth-order valence-electron chi connectivity index (χ4n) is 5.86. The molecule has 6 nitrogen and oxygen atoms in total. The maximum Gasteiger partial charge on any atom is 0.246 e. The van der Waals surface area contributed by atoms with Gasteiger partial charge in [-0.25, -0.2) is 0 Å². The molecular weight excluding hydrogens is 520 g/mol. The predicted octanol–water partition coefficient (Wildman–Crippen LogP) is 6.92. The van der Waals surface area contributed by atoms with Crippen LogP contribution in [-0.2, 0) is 17.8 Å². The standard InChI is InChI=1S/C33H28N2O4S/c1-37-28-18-21-15-16-34(20-22(21)19-29(28)38-2)31(36)14-13-24-23-8-3-5-10-26(23)35-32(24)25-9-4-6-11-27(25)39-33(35)30-12-7-17-40-30/h3-14,17-19,33H,15-16,20H2,1-2H3/b14-13+. The van der Waals surface area contributed by atoms with E-state index in [1.54, 1.807) is 31.6 Å². The summed E-state index contributed by atoms with van der Waals surface area (Å²) in [7, 11) is 3.28. The van der Waals surface area contributed by atoms with E-state index in [0.717, 1.165) is 56.1 Å². The average Bonchev–Trinajstić information content (AvgIpc) is 3.66. The van der Waals surface area contributed by atoms with E-state index < -0.39 is 0 Å². The molecule has 40 heavy (non-hydrogen) atoms. The van der Waals surface area contributed by atoms with Gasteiger partial charge in [0.2, 0.25) is 12.1 Å². The monoisotopic (exact) mass is 548 g/mol. The molecule has 7 rings (SSSR count). The number of thiophene rings is 1. The Bertz CT molecular complexity index is 1770. The summed E-state index contributed by atoms with van der Waals surface area (Å²) in [6.07, 6.45) is 4.19. The molecule has 0 spiro atoms. The van der Waals surface area contributed by atoms with Crippen molar-refractivity contribution in [1.29, 1.82) is 0 Å². The Morgan fingerprint density at radius 3 is 2.55 bits per heavy atom. The fourth-order valence-corrected chi connectivity index (χ4v) is 6.60. The molecule has 3 aromatic carbocycles. The molecule has 0 fully saturated rings. The minimum atomic E-state index is -0.279. The number of carbonyl (C=O) groups is 1. The van der Waals surface area contributed by atoms with Gasteiger partial charge in [-0.15, -0.1) is 11.3 Å². The van der Waals surface area contributed by atoms with Crippen molar-refractivity contribution in [1.82, 2.24) is 9.47 Å². The second-order valence-corrected chi connectivity index (χ2v) is 10.9. The molecule has 7 heteroatoms. The fraction of sp³-hybridized carbons (Fsp3) is 0.182. The molecule has 0 radical (unpaired) electrons. The van der Waals surface area contributed by atoms with Crippen LogP contribution in [0.1, 0.15) is 27.8 Å². The molecule has 0 saturated heterocycles. The number of ether oxygens (including phenoxy) is 3. The minimum absolute atomic E-state index is 0.0142. The third kappa shape index (κ3) is 3.97. The lowest BCUT2D eigenvalue weighted by molar-refractivity contribution is -0.126. The molecule has 5 aromatic rings. The number of methoxy groups -OCH3 is 2. The molecule has 1 atom stereocenters. The lowest BCUT2D eigenvalue weighted by atomic mass is 9.98. The van der Waals surface area contributed by atoms with Crippen LogP contribution in [0, 0.1) is 0 Å². The highest BCUT2D eigenvalue weighted by molar-refractivity contribution is 7.10. The Labute approximate surface area is 236 Å². The van der Waals surface area contributed by atoms with E-state index in [9.17, 15) is 4.79 Å². The molecule has 2 aliphatic heterocycles. The average molecular weight is 549 g/mol. The Balaban J connectivity index is 1.28. The van der Waals surface area contributed by atoms with Crippen LogP contribution in [0.5, 0.6) is 17.2 Å². The molecule has 2 aromatic heterocycles. The van der Waals surface area contributed by atoms with Gasteiger partial charge >= 0.3 is 0 Å². The van der Waals surface area contributed by atoms with E-state index >= 15 is 0 Å². The summed E-state index contributed by atoms with van der Waals surface area (Å²) in [5.41, 5.74) is 6.45. The van der Waals surface area contributed by atoms with Crippen LogP contribution in [-0.4, -0.2) is 36.1 Å². The molecule has 0 bridgehead atoms. The molecule has 0 aliphatic carbocycles. The van der Waals surface area contributed by atoms with Crippen molar-refractivity contribution in [2.45, 2.75) is 19.2 Å². The first-order valence-corrected chi connectivity index (χ1v) is 14.2. The second kappa shape index (κ2) is 9.92. The molecule has 2 aliphatic rings. The number of fused-ring (bicyclic) bond motifs is 6. The first-order chi connectivity index (χ1) is 19.7. The number of carbonyl (C=O) groups excluding carboxylic acids is 1. The van der Waals surface area contributed by atoms with Gasteiger partial charge in [-0.05, 0) is 65.4 Å². The molecule has 0 saturated carbocycles. The van der Waals surface area contributed by atoms with Crippen molar-refractivity contribution >= 4 is 34.2 Å². The Morgan fingerprint density at radius 1 is 0.975 bits per heavy atom. The van der Waals surface area contributed by atoms with Gasteiger partial charge in [0.15, 0.2) is 11.5 Å². The largest absolute Gasteiger partial charge is 0.493 e. The van der Waals surface area contributed by atoms with Gasteiger partial charge in [0.05, 0.1) is 30.3 Å². The Hall–Kier alpha value is -4.49. The summed E-state index contributed by atoms with van der Waals surface area (Å²) in [6.45, 7) is 1.18. The minimum Gasteiger partial charge on any atom is -0.493 e. The van der Waals surface area contributed by atoms with Crippen molar-refractivity contribution in [3.8, 4) is 28.5 Å². The number of para-hydroxylation sites is 2. The van der Waals surface area contributed by atoms with Crippen LogP contribution in [0.4, 0.5) is 0 Å². The highest BCUT2D eigenvalue weighted by Gasteiger charge is 2.32. The molecule has 1 unspecified atom stereocenters. The molecule has 0 N–H and O–H groups in total. The topological polar surface area (TPSA) is 52.9 Å².